The number of nitrogens with zero attached hydrogens (tertiary/aromatic N) is 1. The Morgan fingerprint density at radius 1 is 0.571 bits per heavy atom. The Bertz CT molecular complexity index is 1120. The Morgan fingerprint density at radius 3 is 1.79 bits per heavy atom. The first-order valence-electron chi connectivity index (χ1n) is 8.92. The van der Waals surface area contributed by atoms with Crippen molar-refractivity contribution in [3.63, 3.8) is 0 Å². The van der Waals surface area contributed by atoms with Crippen molar-refractivity contribution >= 4 is 40.3 Å². The minimum Gasteiger partial charge on any atom is -0.453 e. The molecule has 0 aliphatic carbocycles. The van der Waals surface area contributed by atoms with E-state index in [0.29, 0.717) is 10.0 Å². The Morgan fingerprint density at radius 2 is 1.14 bits per heavy atom. The average molecular weight is 404 g/mol. The predicted molar refractivity (Wildman–Crippen MR) is 117 cm³/mol. The molecule has 0 saturated heterocycles. The van der Waals surface area contributed by atoms with E-state index in [9.17, 15) is 0 Å². The molecule has 4 aromatic carbocycles. The Labute approximate surface area is 173 Å². The molecule has 0 amide bonds. The van der Waals surface area contributed by atoms with Crippen molar-refractivity contribution in [2.45, 2.75) is 0 Å². The van der Waals surface area contributed by atoms with Crippen molar-refractivity contribution in [1.29, 1.82) is 0 Å². The number of benzene rings is 4. The molecule has 4 heteroatoms. The Hall–Kier alpha value is -2.94. The number of hydrogen-bond acceptors (Lipinski definition) is 2. The van der Waals surface area contributed by atoms with Gasteiger partial charge in [-0.15, -0.1) is 0 Å². The molecule has 1 heterocycles. The smallest absolute Gasteiger partial charge is 0.151 e. The van der Waals surface area contributed by atoms with Gasteiger partial charge in [-0.3, -0.25) is 0 Å². The largest absolute Gasteiger partial charge is 0.453 e. The second-order valence-corrected chi connectivity index (χ2v) is 7.42. The van der Waals surface area contributed by atoms with Gasteiger partial charge in [-0.1, -0.05) is 71.7 Å². The molecule has 28 heavy (non-hydrogen) atoms. The summed E-state index contributed by atoms with van der Waals surface area (Å²) in [7, 11) is 0. The lowest BCUT2D eigenvalue weighted by atomic mass is 10.0. The fraction of sp³-hybridized carbons (Fsp3) is 0. The fourth-order valence-electron chi connectivity index (χ4n) is 3.54. The maximum absolute atomic E-state index is 6.34. The van der Waals surface area contributed by atoms with Gasteiger partial charge in [0.25, 0.3) is 0 Å². The number of para-hydroxylation sites is 1. The van der Waals surface area contributed by atoms with Crippen LogP contribution in [0.3, 0.4) is 0 Å². The van der Waals surface area contributed by atoms with Crippen molar-refractivity contribution in [2.24, 2.45) is 0 Å². The normalized spacial score (nSPS) is 12.1. The number of halogens is 2. The highest BCUT2D eigenvalue weighted by Gasteiger charge is 2.28. The summed E-state index contributed by atoms with van der Waals surface area (Å²) in [5.74, 6) is 1.50. The van der Waals surface area contributed by atoms with E-state index in [1.165, 1.54) is 0 Å². The highest BCUT2D eigenvalue weighted by Crippen LogP contribution is 2.53. The van der Waals surface area contributed by atoms with Crippen LogP contribution in [-0.4, -0.2) is 0 Å². The van der Waals surface area contributed by atoms with Crippen molar-refractivity contribution in [3.8, 4) is 22.6 Å². The third-order valence-electron chi connectivity index (χ3n) is 4.77. The van der Waals surface area contributed by atoms with Crippen LogP contribution in [0.25, 0.3) is 11.1 Å². The molecule has 2 nitrogen and oxygen atoms in total. The standard InChI is InChI=1S/C24H15Cl2NO/c25-17-10-12-23-21(14-17)27(22-15-18(26)11-13-24(22)28-23)20-9-5-4-8-19(20)16-6-2-1-3-7-16/h1-15H. The van der Waals surface area contributed by atoms with E-state index in [1.807, 2.05) is 66.7 Å². The van der Waals surface area contributed by atoms with Gasteiger partial charge in [0.15, 0.2) is 11.5 Å². The molecule has 1 aliphatic heterocycles. The third-order valence-corrected chi connectivity index (χ3v) is 5.24. The lowest BCUT2D eigenvalue weighted by molar-refractivity contribution is 0.477. The van der Waals surface area contributed by atoms with Crippen LogP contribution in [0.15, 0.2) is 91.0 Å². The van der Waals surface area contributed by atoms with Crippen LogP contribution in [0, 0.1) is 0 Å². The van der Waals surface area contributed by atoms with E-state index in [0.717, 1.165) is 39.7 Å². The summed E-state index contributed by atoms with van der Waals surface area (Å²) >= 11 is 12.7. The van der Waals surface area contributed by atoms with Crippen molar-refractivity contribution in [1.82, 2.24) is 0 Å². The van der Waals surface area contributed by atoms with Crippen LogP contribution < -0.4 is 9.64 Å². The number of hydrogen-bond donors (Lipinski definition) is 0. The van der Waals surface area contributed by atoms with Gasteiger partial charge in [0.05, 0.1) is 17.1 Å². The molecular weight excluding hydrogens is 389 g/mol. The second kappa shape index (κ2) is 6.90. The fourth-order valence-corrected chi connectivity index (χ4v) is 3.87. The minimum atomic E-state index is 0.648. The SMILES string of the molecule is Clc1ccc2c(c1)N(c1ccccc1-c1ccccc1)c1cc(Cl)ccc1O2. The monoisotopic (exact) mass is 403 g/mol. The zero-order chi connectivity index (χ0) is 19.1. The van der Waals surface area contributed by atoms with Gasteiger partial charge in [-0.25, -0.2) is 0 Å². The topological polar surface area (TPSA) is 12.5 Å². The summed E-state index contributed by atoms with van der Waals surface area (Å²) < 4.78 is 6.13. The Kier molecular flexibility index (Phi) is 4.23. The molecule has 0 aromatic heterocycles. The second-order valence-electron chi connectivity index (χ2n) is 6.54. The lowest BCUT2D eigenvalue weighted by Crippen LogP contribution is -2.16. The van der Waals surface area contributed by atoms with E-state index >= 15 is 0 Å². The summed E-state index contributed by atoms with van der Waals surface area (Å²) in [6.45, 7) is 0. The molecule has 1 aliphatic rings. The molecule has 0 bridgehead atoms. The zero-order valence-electron chi connectivity index (χ0n) is 14.8. The number of ether oxygens (including phenoxy) is 1. The summed E-state index contributed by atoms with van der Waals surface area (Å²) in [6.07, 6.45) is 0. The van der Waals surface area contributed by atoms with E-state index in [-0.39, 0.29) is 0 Å². The highest BCUT2D eigenvalue weighted by atomic mass is 35.5. The molecule has 0 atom stereocenters. The van der Waals surface area contributed by atoms with E-state index < -0.39 is 0 Å². The number of anilines is 3. The maximum Gasteiger partial charge on any atom is 0.151 e. The van der Waals surface area contributed by atoms with Crippen LogP contribution in [-0.2, 0) is 0 Å². The summed E-state index contributed by atoms with van der Waals surface area (Å²) in [6, 6.07) is 29.9. The lowest BCUT2D eigenvalue weighted by Gasteiger charge is -2.34. The van der Waals surface area contributed by atoms with Crippen LogP contribution in [0.4, 0.5) is 17.1 Å². The van der Waals surface area contributed by atoms with E-state index in [2.05, 4.69) is 29.2 Å². The van der Waals surface area contributed by atoms with Crippen molar-refractivity contribution in [3.05, 3.63) is 101 Å². The number of fused-ring (bicyclic) bond motifs is 2. The molecule has 0 N–H and O–H groups in total. The molecule has 0 radical (unpaired) electrons. The first kappa shape index (κ1) is 17.2. The van der Waals surface area contributed by atoms with Gasteiger partial charge in [0, 0.05) is 15.6 Å². The van der Waals surface area contributed by atoms with Gasteiger partial charge in [0.1, 0.15) is 0 Å². The molecule has 4 aromatic rings. The molecule has 0 fully saturated rings. The summed E-state index contributed by atoms with van der Waals surface area (Å²) in [4.78, 5) is 2.16. The molecule has 0 saturated carbocycles. The summed E-state index contributed by atoms with van der Waals surface area (Å²) in [5, 5.41) is 1.30. The number of rotatable bonds is 2. The van der Waals surface area contributed by atoms with Gasteiger partial charge >= 0.3 is 0 Å². The molecule has 5 rings (SSSR count). The predicted octanol–water partition coefficient (Wildman–Crippen LogP) is 8.24. The molecular formula is C24H15Cl2NO. The average Bonchev–Trinajstić information content (AvgIpc) is 2.73. The summed E-state index contributed by atoms with van der Waals surface area (Å²) in [5.41, 5.74) is 5.04. The van der Waals surface area contributed by atoms with Crippen molar-refractivity contribution < 1.29 is 4.74 Å². The van der Waals surface area contributed by atoms with E-state index in [1.54, 1.807) is 0 Å². The molecule has 0 spiro atoms. The van der Waals surface area contributed by atoms with Crippen molar-refractivity contribution in [2.75, 3.05) is 4.90 Å². The van der Waals surface area contributed by atoms with Crippen LogP contribution in [0.2, 0.25) is 10.0 Å². The molecule has 136 valence electrons. The highest BCUT2D eigenvalue weighted by molar-refractivity contribution is 6.31. The Balaban J connectivity index is 1.80. The van der Waals surface area contributed by atoms with Crippen LogP contribution in [0.5, 0.6) is 11.5 Å². The third kappa shape index (κ3) is 2.91. The van der Waals surface area contributed by atoms with Gasteiger partial charge in [0.2, 0.25) is 0 Å². The quantitative estimate of drug-likeness (QED) is 0.294. The van der Waals surface area contributed by atoms with Gasteiger partial charge in [-0.2, -0.15) is 0 Å². The zero-order valence-corrected chi connectivity index (χ0v) is 16.3. The first-order chi connectivity index (χ1) is 13.7. The van der Waals surface area contributed by atoms with Crippen LogP contribution >= 0.6 is 23.2 Å². The van der Waals surface area contributed by atoms with Gasteiger partial charge < -0.3 is 9.64 Å². The van der Waals surface area contributed by atoms with Crippen LogP contribution in [0.1, 0.15) is 0 Å². The maximum atomic E-state index is 6.34. The molecule has 0 unspecified atom stereocenters. The first-order valence-corrected chi connectivity index (χ1v) is 9.68. The minimum absolute atomic E-state index is 0.648. The van der Waals surface area contributed by atoms with Gasteiger partial charge in [-0.05, 0) is 48.0 Å². The van der Waals surface area contributed by atoms with E-state index in [4.69, 9.17) is 27.9 Å².